The number of hydrogen-bond acceptors (Lipinski definition) is 4. The van der Waals surface area contributed by atoms with Gasteiger partial charge in [-0.25, -0.2) is 4.79 Å². The van der Waals surface area contributed by atoms with Crippen molar-refractivity contribution in [3.63, 3.8) is 0 Å². The minimum absolute atomic E-state index is 0.159. The van der Waals surface area contributed by atoms with Gasteiger partial charge in [0.25, 0.3) is 0 Å². The van der Waals surface area contributed by atoms with E-state index in [0.29, 0.717) is 12.2 Å². The molecule has 0 amide bonds. The van der Waals surface area contributed by atoms with E-state index >= 15 is 0 Å². The summed E-state index contributed by atoms with van der Waals surface area (Å²) in [5.74, 6) is -0.463. The van der Waals surface area contributed by atoms with E-state index in [2.05, 4.69) is 25.5 Å². The van der Waals surface area contributed by atoms with E-state index in [4.69, 9.17) is 4.74 Å². The smallest absolute Gasteiger partial charge is 0.333 e. The fourth-order valence-corrected chi connectivity index (χ4v) is 3.09. The number of carbonyl (C=O) groups is 2. The molecule has 0 saturated carbocycles. The van der Waals surface area contributed by atoms with Crippen molar-refractivity contribution in [2.75, 3.05) is 7.11 Å². The first-order valence-electron chi connectivity index (χ1n) is 8.67. The predicted octanol–water partition coefficient (Wildman–Crippen LogP) is 4.94. The van der Waals surface area contributed by atoms with Gasteiger partial charge in [-0.05, 0) is 58.8 Å². The van der Waals surface area contributed by atoms with Crippen LogP contribution in [0, 0.1) is 10.8 Å². The van der Waals surface area contributed by atoms with Crippen LogP contribution in [0.25, 0.3) is 0 Å². The Hall–Kier alpha value is -1.58. The maximum atomic E-state index is 12.2. The summed E-state index contributed by atoms with van der Waals surface area (Å²) in [6.07, 6.45) is 6.10. The molecule has 1 aliphatic carbocycles. The van der Waals surface area contributed by atoms with Gasteiger partial charge < -0.3 is 9.47 Å². The van der Waals surface area contributed by atoms with E-state index < -0.39 is 11.4 Å². The zero-order chi connectivity index (χ0) is 18.5. The molecule has 1 rings (SSSR count). The van der Waals surface area contributed by atoms with Crippen LogP contribution in [-0.2, 0) is 19.1 Å². The zero-order valence-electron chi connectivity index (χ0n) is 16.2. The molecular weight excluding hydrogens is 304 g/mol. The van der Waals surface area contributed by atoms with E-state index in [0.717, 1.165) is 19.3 Å². The van der Waals surface area contributed by atoms with Crippen LogP contribution in [-0.4, -0.2) is 19.0 Å². The van der Waals surface area contributed by atoms with E-state index in [9.17, 15) is 9.59 Å². The maximum absolute atomic E-state index is 12.2. The molecule has 0 aliphatic heterocycles. The Labute approximate surface area is 146 Å². The zero-order valence-corrected chi connectivity index (χ0v) is 16.2. The van der Waals surface area contributed by atoms with Crippen LogP contribution >= 0.6 is 0 Å². The average molecular weight is 336 g/mol. The Morgan fingerprint density at radius 1 is 1.25 bits per heavy atom. The molecule has 0 N–H and O–H groups in total. The number of allylic oxidation sites excluding steroid dienone is 3. The molecule has 136 valence electrons. The Morgan fingerprint density at radius 2 is 1.88 bits per heavy atom. The van der Waals surface area contributed by atoms with Crippen LogP contribution < -0.4 is 0 Å². The summed E-state index contributed by atoms with van der Waals surface area (Å²) in [4.78, 5) is 23.8. The third kappa shape index (κ3) is 5.81. The monoisotopic (exact) mass is 336 g/mol. The number of methoxy groups -OCH3 is 1. The summed E-state index contributed by atoms with van der Waals surface area (Å²) in [5.41, 5.74) is 2.38. The van der Waals surface area contributed by atoms with Crippen molar-refractivity contribution in [2.45, 2.75) is 73.6 Å². The van der Waals surface area contributed by atoms with Crippen molar-refractivity contribution >= 4 is 11.9 Å². The molecule has 0 atom stereocenters. The molecule has 0 radical (unpaired) electrons. The number of esters is 2. The van der Waals surface area contributed by atoms with E-state index in [1.54, 1.807) is 20.8 Å². The quantitative estimate of drug-likeness (QED) is 0.309. The van der Waals surface area contributed by atoms with Gasteiger partial charge in [0, 0.05) is 6.42 Å². The topological polar surface area (TPSA) is 52.6 Å². The lowest BCUT2D eigenvalue weighted by atomic mass is 9.71. The first-order chi connectivity index (χ1) is 11.0. The van der Waals surface area contributed by atoms with Gasteiger partial charge in [-0.2, -0.15) is 0 Å². The lowest BCUT2D eigenvalue weighted by molar-refractivity contribution is -0.148. The second kappa shape index (κ2) is 8.00. The third-order valence-corrected chi connectivity index (χ3v) is 4.62. The minimum atomic E-state index is -0.617. The third-order valence-electron chi connectivity index (χ3n) is 4.62. The summed E-state index contributed by atoms with van der Waals surface area (Å²) >= 11 is 0. The van der Waals surface area contributed by atoms with Gasteiger partial charge in [-0.1, -0.05) is 25.0 Å². The molecule has 0 fully saturated rings. The fourth-order valence-electron chi connectivity index (χ4n) is 3.09. The number of hydrogen-bond donors (Lipinski definition) is 0. The molecule has 4 nitrogen and oxygen atoms in total. The van der Waals surface area contributed by atoms with Crippen LogP contribution in [0.2, 0.25) is 0 Å². The molecule has 0 heterocycles. The van der Waals surface area contributed by atoms with Crippen LogP contribution in [0.1, 0.15) is 73.6 Å². The minimum Gasteiger partial charge on any atom is -0.466 e. The summed E-state index contributed by atoms with van der Waals surface area (Å²) in [5, 5.41) is 0. The van der Waals surface area contributed by atoms with Crippen molar-refractivity contribution in [2.24, 2.45) is 10.8 Å². The molecule has 1 aliphatic rings. The summed E-state index contributed by atoms with van der Waals surface area (Å²) in [6.45, 7) is 12.1. The molecule has 0 aromatic rings. The largest absolute Gasteiger partial charge is 0.466 e. The van der Waals surface area contributed by atoms with Gasteiger partial charge in [0.1, 0.15) is 5.76 Å². The van der Waals surface area contributed by atoms with Crippen molar-refractivity contribution in [1.82, 2.24) is 0 Å². The van der Waals surface area contributed by atoms with E-state index in [-0.39, 0.29) is 11.4 Å². The molecule has 0 aromatic carbocycles. The summed E-state index contributed by atoms with van der Waals surface area (Å²) < 4.78 is 10.2. The van der Waals surface area contributed by atoms with Crippen molar-refractivity contribution in [3.05, 3.63) is 23.0 Å². The van der Waals surface area contributed by atoms with E-state index in [1.165, 1.54) is 30.8 Å². The Balaban J connectivity index is 2.92. The van der Waals surface area contributed by atoms with Crippen molar-refractivity contribution in [3.8, 4) is 0 Å². The molecule has 0 unspecified atom stereocenters. The molecular formula is C20H32O4. The second-order valence-electron chi connectivity index (χ2n) is 8.27. The molecule has 0 saturated heterocycles. The van der Waals surface area contributed by atoms with Crippen LogP contribution in [0.5, 0.6) is 0 Å². The molecule has 0 bridgehead atoms. The van der Waals surface area contributed by atoms with Gasteiger partial charge in [0.05, 0.1) is 18.6 Å². The highest BCUT2D eigenvalue weighted by atomic mass is 16.5. The van der Waals surface area contributed by atoms with Gasteiger partial charge in [0.2, 0.25) is 0 Å². The van der Waals surface area contributed by atoms with Gasteiger partial charge in [0.15, 0.2) is 0 Å². The molecule has 0 spiro atoms. The maximum Gasteiger partial charge on any atom is 0.333 e. The summed E-state index contributed by atoms with van der Waals surface area (Å²) in [7, 11) is 1.32. The Bertz CT molecular complexity index is 544. The van der Waals surface area contributed by atoms with Gasteiger partial charge >= 0.3 is 11.9 Å². The highest BCUT2D eigenvalue weighted by molar-refractivity contribution is 5.83. The highest BCUT2D eigenvalue weighted by Gasteiger charge is 2.29. The lowest BCUT2D eigenvalue weighted by Gasteiger charge is -2.35. The fraction of sp³-hybridized carbons (Fsp3) is 0.700. The lowest BCUT2D eigenvalue weighted by Crippen LogP contribution is -2.24. The average Bonchev–Trinajstić information content (AvgIpc) is 2.44. The molecule has 0 aromatic heterocycles. The normalized spacial score (nSPS) is 18.4. The number of ether oxygens (including phenoxy) is 2. The Kier molecular flexibility index (Phi) is 6.82. The number of carbonyl (C=O) groups excluding carboxylic acids is 2. The molecule has 24 heavy (non-hydrogen) atoms. The van der Waals surface area contributed by atoms with Crippen LogP contribution in [0.3, 0.4) is 0 Å². The van der Waals surface area contributed by atoms with Crippen molar-refractivity contribution in [1.29, 1.82) is 0 Å². The highest BCUT2D eigenvalue weighted by Crippen LogP contribution is 2.42. The standard InChI is InChI=1S/C20H32O4/c1-14-9-8-12-20(5,6)16(14)11-10-15(13-17(21)23-7)24-18(22)19(2,3)4/h13H,8-12H2,1-7H3. The first kappa shape index (κ1) is 20.5. The first-order valence-corrected chi connectivity index (χ1v) is 8.67. The van der Waals surface area contributed by atoms with Crippen LogP contribution in [0.15, 0.2) is 23.0 Å². The predicted molar refractivity (Wildman–Crippen MR) is 95.2 cm³/mol. The second-order valence-corrected chi connectivity index (χ2v) is 8.27. The van der Waals surface area contributed by atoms with Crippen LogP contribution in [0.4, 0.5) is 0 Å². The molecule has 4 heteroatoms. The number of rotatable bonds is 5. The SMILES string of the molecule is COC(=O)C=C(CCC1=C(C)CCCC1(C)C)OC(=O)C(C)(C)C. The van der Waals surface area contributed by atoms with Gasteiger partial charge in [-0.15, -0.1) is 0 Å². The van der Waals surface area contributed by atoms with Crippen molar-refractivity contribution < 1.29 is 19.1 Å². The van der Waals surface area contributed by atoms with E-state index in [1.807, 2.05) is 0 Å². The van der Waals surface area contributed by atoms with Gasteiger partial charge in [-0.3, -0.25) is 4.79 Å². The summed E-state index contributed by atoms with van der Waals surface area (Å²) in [6, 6.07) is 0. The Morgan fingerprint density at radius 3 is 2.38 bits per heavy atom.